The van der Waals surface area contributed by atoms with E-state index in [9.17, 15) is 0 Å². The highest BCUT2D eigenvalue weighted by molar-refractivity contribution is 6.31. The predicted octanol–water partition coefficient (Wildman–Crippen LogP) is 3.60. The molecule has 0 amide bonds. The highest BCUT2D eigenvalue weighted by Crippen LogP contribution is 2.27. The van der Waals surface area contributed by atoms with Gasteiger partial charge in [-0.3, -0.25) is 0 Å². The number of pyridine rings is 1. The summed E-state index contributed by atoms with van der Waals surface area (Å²) < 4.78 is 0. The third kappa shape index (κ3) is 2.02. The molecule has 0 saturated heterocycles. The second-order valence-electron chi connectivity index (χ2n) is 3.86. The Kier molecular flexibility index (Phi) is 2.84. The van der Waals surface area contributed by atoms with Crippen LogP contribution in [0.1, 0.15) is 11.1 Å². The van der Waals surface area contributed by atoms with Crippen LogP contribution in [0.2, 0.25) is 5.02 Å². The van der Waals surface area contributed by atoms with Gasteiger partial charge in [0.25, 0.3) is 0 Å². The van der Waals surface area contributed by atoms with E-state index in [1.54, 1.807) is 6.07 Å². The van der Waals surface area contributed by atoms with Crippen molar-refractivity contribution in [1.82, 2.24) is 4.98 Å². The van der Waals surface area contributed by atoms with Crippen molar-refractivity contribution in [1.29, 1.82) is 0 Å². The molecule has 2 nitrogen and oxygen atoms in total. The number of hydrogen-bond donors (Lipinski definition) is 1. The Morgan fingerprint density at radius 3 is 2.56 bits per heavy atom. The van der Waals surface area contributed by atoms with Crippen molar-refractivity contribution < 1.29 is 0 Å². The summed E-state index contributed by atoms with van der Waals surface area (Å²) >= 11 is 6.06. The van der Waals surface area contributed by atoms with Gasteiger partial charge in [0.2, 0.25) is 0 Å². The molecule has 0 aliphatic carbocycles. The highest BCUT2D eigenvalue weighted by Gasteiger charge is 2.06. The number of halogens is 1. The number of nitrogens with zero attached hydrogens (tertiary/aromatic N) is 1. The molecule has 0 aliphatic heterocycles. The third-order valence-corrected chi connectivity index (χ3v) is 2.96. The summed E-state index contributed by atoms with van der Waals surface area (Å²) in [6.07, 6.45) is 0. The molecule has 1 heterocycles. The van der Waals surface area contributed by atoms with Crippen molar-refractivity contribution in [2.75, 3.05) is 5.73 Å². The van der Waals surface area contributed by atoms with E-state index in [4.69, 9.17) is 17.3 Å². The SMILES string of the molecule is Cc1cc(-c2cccc(N)n2)c(C)cc1Cl. The number of hydrogen-bond acceptors (Lipinski definition) is 2. The summed E-state index contributed by atoms with van der Waals surface area (Å²) in [5.74, 6) is 0.532. The molecule has 0 atom stereocenters. The van der Waals surface area contributed by atoms with Gasteiger partial charge in [0.05, 0.1) is 5.69 Å². The molecule has 2 aromatic rings. The number of nitrogens with two attached hydrogens (primary N) is 1. The highest BCUT2D eigenvalue weighted by atomic mass is 35.5. The van der Waals surface area contributed by atoms with Gasteiger partial charge in [0.1, 0.15) is 5.82 Å². The number of aryl methyl sites for hydroxylation is 2. The van der Waals surface area contributed by atoms with Gasteiger partial charge in [-0.1, -0.05) is 17.7 Å². The molecular weight excluding hydrogens is 220 g/mol. The van der Waals surface area contributed by atoms with E-state index in [0.29, 0.717) is 5.82 Å². The number of rotatable bonds is 1. The number of aromatic nitrogens is 1. The minimum absolute atomic E-state index is 0.532. The van der Waals surface area contributed by atoms with E-state index < -0.39 is 0 Å². The van der Waals surface area contributed by atoms with Crippen molar-refractivity contribution in [2.24, 2.45) is 0 Å². The molecule has 0 unspecified atom stereocenters. The number of anilines is 1. The summed E-state index contributed by atoms with van der Waals surface area (Å²) in [5.41, 5.74) is 9.79. The molecule has 2 N–H and O–H groups in total. The lowest BCUT2D eigenvalue weighted by Crippen LogP contribution is -1.93. The third-order valence-electron chi connectivity index (χ3n) is 2.55. The average Bonchev–Trinajstić information content (AvgIpc) is 2.23. The van der Waals surface area contributed by atoms with E-state index in [2.05, 4.69) is 4.98 Å². The fraction of sp³-hybridized carbons (Fsp3) is 0.154. The summed E-state index contributed by atoms with van der Waals surface area (Å²) in [7, 11) is 0. The van der Waals surface area contributed by atoms with Gasteiger partial charge in [-0.15, -0.1) is 0 Å². The first-order chi connectivity index (χ1) is 7.58. The van der Waals surface area contributed by atoms with Gasteiger partial charge in [-0.2, -0.15) is 0 Å². The Morgan fingerprint density at radius 2 is 1.88 bits per heavy atom. The topological polar surface area (TPSA) is 38.9 Å². The van der Waals surface area contributed by atoms with Gasteiger partial charge in [0, 0.05) is 10.6 Å². The van der Waals surface area contributed by atoms with Crippen LogP contribution in [0.4, 0.5) is 5.82 Å². The molecule has 0 radical (unpaired) electrons. The van der Waals surface area contributed by atoms with Crippen LogP contribution in [0.15, 0.2) is 30.3 Å². The predicted molar refractivity (Wildman–Crippen MR) is 68.6 cm³/mol. The second-order valence-corrected chi connectivity index (χ2v) is 4.27. The molecule has 16 heavy (non-hydrogen) atoms. The summed E-state index contributed by atoms with van der Waals surface area (Å²) in [5, 5.41) is 0.783. The van der Waals surface area contributed by atoms with Crippen molar-refractivity contribution in [3.8, 4) is 11.3 Å². The Balaban J connectivity index is 2.60. The van der Waals surface area contributed by atoms with Gasteiger partial charge in [-0.05, 0) is 49.2 Å². The van der Waals surface area contributed by atoms with E-state index >= 15 is 0 Å². The fourth-order valence-electron chi connectivity index (χ4n) is 1.66. The van der Waals surface area contributed by atoms with Crippen LogP contribution in [0, 0.1) is 13.8 Å². The van der Waals surface area contributed by atoms with Crippen LogP contribution in [-0.2, 0) is 0 Å². The van der Waals surface area contributed by atoms with Crippen LogP contribution in [0.25, 0.3) is 11.3 Å². The summed E-state index contributed by atoms with van der Waals surface area (Å²) in [6.45, 7) is 4.00. The molecule has 0 saturated carbocycles. The van der Waals surface area contributed by atoms with E-state index in [0.717, 1.165) is 27.4 Å². The zero-order valence-electron chi connectivity index (χ0n) is 9.29. The molecule has 0 fully saturated rings. The minimum atomic E-state index is 0.532. The maximum atomic E-state index is 6.06. The summed E-state index contributed by atoms with van der Waals surface area (Å²) in [6, 6.07) is 9.63. The smallest absolute Gasteiger partial charge is 0.124 e. The fourth-order valence-corrected chi connectivity index (χ4v) is 1.88. The molecule has 3 heteroatoms. The molecule has 1 aromatic carbocycles. The molecule has 0 aliphatic rings. The Hall–Kier alpha value is -1.54. The van der Waals surface area contributed by atoms with Crippen LogP contribution in [0.3, 0.4) is 0 Å². The van der Waals surface area contributed by atoms with Crippen molar-refractivity contribution in [3.63, 3.8) is 0 Å². The Labute approximate surface area is 100 Å². The van der Waals surface area contributed by atoms with Crippen molar-refractivity contribution in [2.45, 2.75) is 13.8 Å². The largest absolute Gasteiger partial charge is 0.384 e. The van der Waals surface area contributed by atoms with Crippen molar-refractivity contribution in [3.05, 3.63) is 46.5 Å². The van der Waals surface area contributed by atoms with Gasteiger partial charge >= 0.3 is 0 Å². The monoisotopic (exact) mass is 232 g/mol. The number of nitrogen functional groups attached to an aromatic ring is 1. The quantitative estimate of drug-likeness (QED) is 0.816. The molecule has 2 rings (SSSR count). The van der Waals surface area contributed by atoms with Crippen LogP contribution >= 0.6 is 11.6 Å². The standard InChI is InChI=1S/C13H13ClN2/c1-8-7-11(14)9(2)6-10(8)12-4-3-5-13(15)16-12/h3-7H,1-2H3,(H2,15,16). The van der Waals surface area contributed by atoms with Gasteiger partial charge < -0.3 is 5.73 Å². The lowest BCUT2D eigenvalue weighted by atomic mass is 10.0. The number of benzene rings is 1. The molecule has 1 aromatic heterocycles. The van der Waals surface area contributed by atoms with E-state index in [1.165, 1.54) is 0 Å². The normalized spacial score (nSPS) is 10.4. The van der Waals surface area contributed by atoms with E-state index in [-0.39, 0.29) is 0 Å². The second kappa shape index (κ2) is 4.14. The lowest BCUT2D eigenvalue weighted by Gasteiger charge is -2.08. The maximum absolute atomic E-state index is 6.06. The lowest BCUT2D eigenvalue weighted by molar-refractivity contribution is 1.30. The minimum Gasteiger partial charge on any atom is -0.384 e. The summed E-state index contributed by atoms with van der Waals surface area (Å²) in [4.78, 5) is 4.31. The Bertz CT molecular complexity index is 535. The zero-order chi connectivity index (χ0) is 11.7. The Morgan fingerprint density at radius 1 is 1.12 bits per heavy atom. The van der Waals surface area contributed by atoms with Crippen molar-refractivity contribution >= 4 is 17.4 Å². The molecule has 0 bridgehead atoms. The van der Waals surface area contributed by atoms with Crippen LogP contribution in [0.5, 0.6) is 0 Å². The van der Waals surface area contributed by atoms with Crippen LogP contribution in [-0.4, -0.2) is 4.98 Å². The zero-order valence-corrected chi connectivity index (χ0v) is 10.0. The van der Waals surface area contributed by atoms with Crippen LogP contribution < -0.4 is 5.73 Å². The first-order valence-corrected chi connectivity index (χ1v) is 5.45. The average molecular weight is 233 g/mol. The maximum Gasteiger partial charge on any atom is 0.124 e. The molecule has 0 spiro atoms. The van der Waals surface area contributed by atoms with Gasteiger partial charge in [-0.25, -0.2) is 4.98 Å². The van der Waals surface area contributed by atoms with Gasteiger partial charge in [0.15, 0.2) is 0 Å². The first-order valence-electron chi connectivity index (χ1n) is 5.07. The molecule has 82 valence electrons. The molecular formula is C13H13ClN2. The van der Waals surface area contributed by atoms with E-state index in [1.807, 2.05) is 38.1 Å². The first kappa shape index (κ1) is 11.0.